The molecule has 1 aromatic rings. The number of nitrogens with zero attached hydrogens (tertiary/aromatic N) is 2. The van der Waals surface area contributed by atoms with Crippen LogP contribution in [0.2, 0.25) is 10.0 Å². The second-order valence-electron chi connectivity index (χ2n) is 7.02. The van der Waals surface area contributed by atoms with Crippen molar-refractivity contribution in [3.63, 3.8) is 0 Å². The molecule has 3 aliphatic heterocycles. The standard InChI is InChI=1S/C17H19Cl2N3O3/c18-12-1-2-13(23)16(17(12)19)9-3-11-7-21(8-15(25)22(11)6-9)10-4-14(24)20-5-10/h1-2,9-11,23H,3-8H2,(H,20,24)/t9-,10-,11-/m0/s1. The Kier molecular flexibility index (Phi) is 4.30. The highest BCUT2D eigenvalue weighted by molar-refractivity contribution is 6.42. The van der Waals surface area contributed by atoms with Crippen molar-refractivity contribution in [3.05, 3.63) is 27.7 Å². The van der Waals surface area contributed by atoms with Crippen molar-refractivity contribution >= 4 is 35.0 Å². The van der Waals surface area contributed by atoms with Gasteiger partial charge in [-0.25, -0.2) is 0 Å². The lowest BCUT2D eigenvalue weighted by Crippen LogP contribution is -2.56. The number of carbonyl (C=O) groups excluding carboxylic acids is 2. The predicted molar refractivity (Wildman–Crippen MR) is 94.0 cm³/mol. The molecule has 6 nitrogen and oxygen atoms in total. The second-order valence-corrected chi connectivity index (χ2v) is 7.80. The molecule has 2 amide bonds. The molecule has 3 atom stereocenters. The van der Waals surface area contributed by atoms with E-state index in [1.165, 1.54) is 0 Å². The maximum Gasteiger partial charge on any atom is 0.237 e. The number of nitrogens with one attached hydrogen (secondary N) is 1. The Bertz CT molecular complexity index is 742. The van der Waals surface area contributed by atoms with Crippen molar-refractivity contribution < 1.29 is 14.7 Å². The Morgan fingerprint density at radius 1 is 1.16 bits per heavy atom. The van der Waals surface area contributed by atoms with E-state index >= 15 is 0 Å². The van der Waals surface area contributed by atoms with E-state index in [1.807, 2.05) is 4.90 Å². The highest BCUT2D eigenvalue weighted by atomic mass is 35.5. The topological polar surface area (TPSA) is 72.9 Å². The van der Waals surface area contributed by atoms with Crippen molar-refractivity contribution in [2.75, 3.05) is 26.2 Å². The molecule has 3 heterocycles. The van der Waals surface area contributed by atoms with Crippen LogP contribution in [0.4, 0.5) is 0 Å². The Balaban J connectivity index is 1.54. The number of hydrogen-bond acceptors (Lipinski definition) is 4. The van der Waals surface area contributed by atoms with E-state index in [1.54, 1.807) is 12.1 Å². The van der Waals surface area contributed by atoms with Crippen LogP contribution in [0.15, 0.2) is 12.1 Å². The number of hydrogen-bond donors (Lipinski definition) is 2. The summed E-state index contributed by atoms with van der Waals surface area (Å²) in [5, 5.41) is 13.8. The fraction of sp³-hybridized carbons (Fsp3) is 0.529. The summed E-state index contributed by atoms with van der Waals surface area (Å²) in [6.45, 7) is 2.20. The minimum atomic E-state index is -0.0385. The van der Waals surface area contributed by atoms with E-state index < -0.39 is 0 Å². The Labute approximate surface area is 155 Å². The maximum absolute atomic E-state index is 12.6. The molecular weight excluding hydrogens is 365 g/mol. The van der Waals surface area contributed by atoms with E-state index in [0.717, 1.165) is 13.0 Å². The molecule has 0 unspecified atom stereocenters. The van der Waals surface area contributed by atoms with Gasteiger partial charge in [0.2, 0.25) is 11.8 Å². The molecule has 0 saturated carbocycles. The summed E-state index contributed by atoms with van der Waals surface area (Å²) in [5.74, 6) is 0.188. The lowest BCUT2D eigenvalue weighted by atomic mass is 9.95. The van der Waals surface area contributed by atoms with E-state index in [9.17, 15) is 14.7 Å². The zero-order valence-corrected chi connectivity index (χ0v) is 15.1. The van der Waals surface area contributed by atoms with Crippen LogP contribution in [0.25, 0.3) is 0 Å². The monoisotopic (exact) mass is 383 g/mol. The van der Waals surface area contributed by atoms with Gasteiger partial charge in [0.15, 0.2) is 0 Å². The molecule has 25 heavy (non-hydrogen) atoms. The number of phenols is 1. The fourth-order valence-corrected chi connectivity index (χ4v) is 4.75. The molecule has 0 aromatic heterocycles. The van der Waals surface area contributed by atoms with Gasteiger partial charge >= 0.3 is 0 Å². The van der Waals surface area contributed by atoms with Gasteiger partial charge in [0.1, 0.15) is 5.75 Å². The molecule has 2 N–H and O–H groups in total. The second kappa shape index (κ2) is 6.34. The molecule has 4 rings (SSSR count). The number of aromatic hydroxyl groups is 1. The third kappa shape index (κ3) is 2.96. The molecule has 0 bridgehead atoms. The normalized spacial score (nSPS) is 29.8. The van der Waals surface area contributed by atoms with Crippen LogP contribution in [0.3, 0.4) is 0 Å². The van der Waals surface area contributed by atoms with Gasteiger partial charge in [-0.15, -0.1) is 0 Å². The number of halogens is 2. The smallest absolute Gasteiger partial charge is 0.237 e. The summed E-state index contributed by atoms with van der Waals surface area (Å²) in [4.78, 5) is 28.0. The van der Waals surface area contributed by atoms with Crippen molar-refractivity contribution in [1.82, 2.24) is 15.1 Å². The van der Waals surface area contributed by atoms with Crippen molar-refractivity contribution in [3.8, 4) is 5.75 Å². The maximum atomic E-state index is 12.6. The van der Waals surface area contributed by atoms with Gasteiger partial charge in [-0.3, -0.25) is 14.5 Å². The molecule has 3 saturated heterocycles. The van der Waals surface area contributed by atoms with E-state index in [-0.39, 0.29) is 35.6 Å². The molecule has 3 fully saturated rings. The average Bonchev–Trinajstić information content (AvgIpc) is 3.18. The molecule has 0 radical (unpaired) electrons. The third-order valence-corrected chi connectivity index (χ3v) is 6.33. The molecule has 0 spiro atoms. The van der Waals surface area contributed by atoms with Crippen LogP contribution < -0.4 is 5.32 Å². The SMILES string of the molecule is O=C1C[C@H](N2CC(=O)N3C[C@@H](c4c(O)ccc(Cl)c4Cl)C[C@H]3C2)CN1. The first-order chi connectivity index (χ1) is 11.9. The quantitative estimate of drug-likeness (QED) is 0.813. The van der Waals surface area contributed by atoms with Gasteiger partial charge in [0, 0.05) is 49.6 Å². The summed E-state index contributed by atoms with van der Waals surface area (Å²) >= 11 is 12.4. The van der Waals surface area contributed by atoms with Crippen LogP contribution >= 0.6 is 23.2 Å². The Hall–Kier alpha value is -1.50. The first-order valence-electron chi connectivity index (χ1n) is 8.41. The number of fused-ring (bicyclic) bond motifs is 1. The highest BCUT2D eigenvalue weighted by Gasteiger charge is 2.44. The van der Waals surface area contributed by atoms with Gasteiger partial charge in [-0.1, -0.05) is 23.2 Å². The van der Waals surface area contributed by atoms with Gasteiger partial charge in [-0.2, -0.15) is 0 Å². The first kappa shape index (κ1) is 16.9. The Morgan fingerprint density at radius 2 is 1.96 bits per heavy atom. The minimum absolute atomic E-state index is 0.0385. The predicted octanol–water partition coefficient (Wildman–Crippen LogP) is 1.59. The molecule has 1 aromatic carbocycles. The molecule has 3 aliphatic rings. The lowest BCUT2D eigenvalue weighted by Gasteiger charge is -2.39. The number of rotatable bonds is 2. The lowest BCUT2D eigenvalue weighted by molar-refractivity contribution is -0.139. The zero-order valence-electron chi connectivity index (χ0n) is 13.5. The average molecular weight is 384 g/mol. The van der Waals surface area contributed by atoms with E-state index in [2.05, 4.69) is 10.2 Å². The number of benzene rings is 1. The molecular formula is C17H19Cl2N3O3. The first-order valence-corrected chi connectivity index (χ1v) is 9.16. The van der Waals surface area contributed by atoms with E-state index in [0.29, 0.717) is 41.7 Å². The zero-order chi connectivity index (χ0) is 17.7. The number of carbonyl (C=O) groups is 2. The largest absolute Gasteiger partial charge is 0.508 e. The Morgan fingerprint density at radius 3 is 2.68 bits per heavy atom. The fourth-order valence-electron chi connectivity index (χ4n) is 4.28. The molecule has 8 heteroatoms. The van der Waals surface area contributed by atoms with Crippen LogP contribution in [0, 0.1) is 0 Å². The number of phenolic OH excluding ortho intramolecular Hbond substituents is 1. The summed E-state index contributed by atoms with van der Waals surface area (Å²) in [7, 11) is 0. The van der Waals surface area contributed by atoms with Crippen molar-refractivity contribution in [1.29, 1.82) is 0 Å². The third-order valence-electron chi connectivity index (χ3n) is 5.51. The summed E-state index contributed by atoms with van der Waals surface area (Å²) in [6.07, 6.45) is 1.17. The summed E-state index contributed by atoms with van der Waals surface area (Å²) in [5.41, 5.74) is 0.626. The van der Waals surface area contributed by atoms with Gasteiger partial charge < -0.3 is 15.3 Å². The molecule has 0 aliphatic carbocycles. The van der Waals surface area contributed by atoms with Crippen molar-refractivity contribution in [2.45, 2.75) is 30.8 Å². The van der Waals surface area contributed by atoms with Crippen LogP contribution in [-0.4, -0.2) is 65.0 Å². The highest BCUT2D eigenvalue weighted by Crippen LogP contribution is 2.43. The van der Waals surface area contributed by atoms with E-state index in [4.69, 9.17) is 23.2 Å². The summed E-state index contributed by atoms with van der Waals surface area (Å²) < 4.78 is 0. The van der Waals surface area contributed by atoms with Gasteiger partial charge in [-0.05, 0) is 18.6 Å². The van der Waals surface area contributed by atoms with Crippen LogP contribution in [0.1, 0.15) is 24.3 Å². The minimum Gasteiger partial charge on any atom is -0.508 e. The number of amides is 2. The van der Waals surface area contributed by atoms with Crippen LogP contribution in [-0.2, 0) is 9.59 Å². The van der Waals surface area contributed by atoms with Gasteiger partial charge in [0.05, 0.1) is 16.6 Å². The van der Waals surface area contributed by atoms with Crippen LogP contribution in [0.5, 0.6) is 5.75 Å². The van der Waals surface area contributed by atoms with Crippen molar-refractivity contribution in [2.24, 2.45) is 0 Å². The summed E-state index contributed by atoms with van der Waals surface area (Å²) in [6, 6.07) is 3.27. The number of piperazine rings is 1. The molecule has 134 valence electrons. The van der Waals surface area contributed by atoms with Gasteiger partial charge in [0.25, 0.3) is 0 Å².